The van der Waals surface area contributed by atoms with Crippen LogP contribution >= 0.6 is 0 Å². The lowest BCUT2D eigenvalue weighted by Crippen LogP contribution is -2.33. The van der Waals surface area contributed by atoms with Crippen molar-refractivity contribution in [2.45, 2.75) is 37.9 Å². The van der Waals surface area contributed by atoms with E-state index in [0.717, 1.165) is 12.1 Å². The molecule has 0 aliphatic heterocycles. The van der Waals surface area contributed by atoms with Crippen LogP contribution in [0.1, 0.15) is 29.5 Å². The normalized spacial score (nSPS) is 15.3. The maximum atomic E-state index is 14.2. The first kappa shape index (κ1) is 19.2. The van der Waals surface area contributed by atoms with Gasteiger partial charge in [0.15, 0.2) is 5.72 Å². The van der Waals surface area contributed by atoms with Crippen molar-refractivity contribution < 1.29 is 31.8 Å². The van der Waals surface area contributed by atoms with E-state index in [9.17, 15) is 22.4 Å². The van der Waals surface area contributed by atoms with E-state index in [1.807, 2.05) is 0 Å². The van der Waals surface area contributed by atoms with Crippen molar-refractivity contribution in [2.75, 3.05) is 0 Å². The van der Waals surface area contributed by atoms with E-state index in [0.29, 0.717) is 30.4 Å². The highest BCUT2D eigenvalue weighted by atomic mass is 19.4. The first-order valence-electron chi connectivity index (χ1n) is 8.25. The Bertz CT molecular complexity index is 819. The van der Waals surface area contributed by atoms with Crippen LogP contribution in [0.15, 0.2) is 42.5 Å². The molecule has 0 aromatic heterocycles. The van der Waals surface area contributed by atoms with E-state index in [2.05, 4.69) is 5.32 Å². The third-order valence-corrected chi connectivity index (χ3v) is 4.26. The number of hydrogen-bond acceptors (Lipinski definition) is 4. The quantitative estimate of drug-likeness (QED) is 0.422. The van der Waals surface area contributed by atoms with Crippen molar-refractivity contribution in [3.05, 3.63) is 65.0 Å². The number of rotatable bonds is 8. The Balaban J connectivity index is 1.59. The van der Waals surface area contributed by atoms with Crippen molar-refractivity contribution in [2.24, 2.45) is 0 Å². The standard InChI is InChI=1S/C19H17F4NO3/c20-17-9-16(5-4-14(17)10-24-18(6-7-18)27-12-25)26-11-13-2-1-3-15(8-13)19(21,22)23/h1-5,8-9,12,24H,6-7,10-11H2. The molecule has 0 spiro atoms. The Morgan fingerprint density at radius 3 is 2.56 bits per heavy atom. The minimum atomic E-state index is -4.43. The molecule has 0 radical (unpaired) electrons. The van der Waals surface area contributed by atoms with Gasteiger partial charge < -0.3 is 9.47 Å². The van der Waals surface area contributed by atoms with Gasteiger partial charge >= 0.3 is 6.18 Å². The Morgan fingerprint density at radius 1 is 1.15 bits per heavy atom. The van der Waals surface area contributed by atoms with Gasteiger partial charge in [0.05, 0.1) is 5.56 Å². The predicted octanol–water partition coefficient (Wildman–Crippen LogP) is 4.18. The van der Waals surface area contributed by atoms with Gasteiger partial charge in [0.25, 0.3) is 6.47 Å². The summed E-state index contributed by atoms with van der Waals surface area (Å²) in [4.78, 5) is 10.4. The molecule has 4 nitrogen and oxygen atoms in total. The van der Waals surface area contributed by atoms with Crippen LogP contribution in [-0.2, 0) is 28.9 Å². The number of carbonyl (C=O) groups is 1. The van der Waals surface area contributed by atoms with Gasteiger partial charge in [-0.2, -0.15) is 13.2 Å². The Kier molecular flexibility index (Phi) is 5.36. The molecule has 0 bridgehead atoms. The van der Waals surface area contributed by atoms with Gasteiger partial charge in [0.1, 0.15) is 18.2 Å². The monoisotopic (exact) mass is 383 g/mol. The van der Waals surface area contributed by atoms with Crippen LogP contribution in [0.3, 0.4) is 0 Å². The fourth-order valence-corrected chi connectivity index (χ4v) is 2.56. The molecule has 2 aromatic carbocycles. The zero-order valence-corrected chi connectivity index (χ0v) is 14.2. The molecule has 1 N–H and O–H groups in total. The van der Waals surface area contributed by atoms with Crippen LogP contribution in [0, 0.1) is 5.82 Å². The lowest BCUT2D eigenvalue weighted by Gasteiger charge is -2.16. The molecule has 27 heavy (non-hydrogen) atoms. The smallest absolute Gasteiger partial charge is 0.416 e. The van der Waals surface area contributed by atoms with E-state index >= 15 is 0 Å². The molecule has 8 heteroatoms. The fraction of sp³-hybridized carbons (Fsp3) is 0.316. The van der Waals surface area contributed by atoms with Gasteiger partial charge in [-0.3, -0.25) is 10.1 Å². The summed E-state index contributed by atoms with van der Waals surface area (Å²) in [5, 5.41) is 2.98. The highest BCUT2D eigenvalue weighted by Crippen LogP contribution is 2.36. The van der Waals surface area contributed by atoms with Gasteiger partial charge in [-0.05, 0) is 23.8 Å². The summed E-state index contributed by atoms with van der Waals surface area (Å²) in [5.74, 6) is -0.315. The second kappa shape index (κ2) is 7.56. The van der Waals surface area contributed by atoms with Crippen LogP contribution in [0.25, 0.3) is 0 Å². The fourth-order valence-electron chi connectivity index (χ4n) is 2.56. The molecule has 1 fully saturated rings. The van der Waals surface area contributed by atoms with Gasteiger partial charge in [-0.25, -0.2) is 4.39 Å². The lowest BCUT2D eigenvalue weighted by molar-refractivity contribution is -0.138. The molecular weight excluding hydrogens is 366 g/mol. The topological polar surface area (TPSA) is 47.6 Å². The van der Waals surface area contributed by atoms with Crippen molar-refractivity contribution in [1.29, 1.82) is 0 Å². The lowest BCUT2D eigenvalue weighted by atomic mass is 10.1. The van der Waals surface area contributed by atoms with E-state index in [4.69, 9.17) is 9.47 Å². The Labute approximate surface area is 153 Å². The summed E-state index contributed by atoms with van der Waals surface area (Å²) in [6.45, 7) is 0.423. The first-order chi connectivity index (χ1) is 12.8. The molecule has 0 atom stereocenters. The molecule has 144 valence electrons. The molecule has 1 saturated carbocycles. The summed E-state index contributed by atoms with van der Waals surface area (Å²) in [7, 11) is 0. The average Bonchev–Trinajstić information content (AvgIpc) is 3.39. The largest absolute Gasteiger partial charge is 0.489 e. The summed E-state index contributed by atoms with van der Waals surface area (Å²) in [6.07, 6.45) is -3.08. The molecule has 0 amide bonds. The van der Waals surface area contributed by atoms with E-state index in [1.165, 1.54) is 30.3 Å². The maximum Gasteiger partial charge on any atom is 0.416 e. The van der Waals surface area contributed by atoms with Gasteiger partial charge in [0.2, 0.25) is 0 Å². The number of alkyl halides is 3. The Hall–Kier alpha value is -2.61. The summed E-state index contributed by atoms with van der Waals surface area (Å²) in [6, 6.07) is 9.00. The van der Waals surface area contributed by atoms with Crippen LogP contribution in [0.4, 0.5) is 17.6 Å². The van der Waals surface area contributed by atoms with Crippen LogP contribution in [0.2, 0.25) is 0 Å². The number of halogens is 4. The highest BCUT2D eigenvalue weighted by molar-refractivity contribution is 5.39. The van der Waals surface area contributed by atoms with Crippen LogP contribution in [-0.4, -0.2) is 12.2 Å². The van der Waals surface area contributed by atoms with E-state index in [1.54, 1.807) is 0 Å². The minimum absolute atomic E-state index is 0.114. The molecule has 0 saturated heterocycles. The van der Waals surface area contributed by atoms with E-state index < -0.39 is 23.3 Å². The molecular formula is C19H17F4NO3. The SMILES string of the molecule is O=COC1(NCc2ccc(OCc3cccc(C(F)(F)F)c3)cc2F)CC1. The van der Waals surface area contributed by atoms with Crippen LogP contribution in [0.5, 0.6) is 5.75 Å². The third kappa shape index (κ3) is 4.97. The zero-order chi connectivity index (χ0) is 19.5. The van der Waals surface area contributed by atoms with Crippen molar-refractivity contribution in [1.82, 2.24) is 5.32 Å². The molecule has 2 aromatic rings. The molecule has 0 heterocycles. The average molecular weight is 383 g/mol. The number of hydrogen-bond donors (Lipinski definition) is 1. The van der Waals surface area contributed by atoms with Gasteiger partial charge in [-0.1, -0.05) is 18.2 Å². The number of carbonyl (C=O) groups excluding carboxylic acids is 1. The van der Waals surface area contributed by atoms with Gasteiger partial charge in [0, 0.05) is 31.0 Å². The molecule has 1 aliphatic rings. The van der Waals surface area contributed by atoms with E-state index in [-0.39, 0.29) is 18.9 Å². The van der Waals surface area contributed by atoms with Crippen LogP contribution < -0.4 is 10.1 Å². The second-order valence-corrected chi connectivity index (χ2v) is 6.30. The highest BCUT2D eigenvalue weighted by Gasteiger charge is 2.44. The third-order valence-electron chi connectivity index (χ3n) is 4.26. The van der Waals surface area contributed by atoms with Crippen molar-refractivity contribution >= 4 is 6.47 Å². The number of nitrogens with one attached hydrogen (secondary N) is 1. The summed E-state index contributed by atoms with van der Waals surface area (Å²) >= 11 is 0. The zero-order valence-electron chi connectivity index (χ0n) is 14.2. The minimum Gasteiger partial charge on any atom is -0.489 e. The molecule has 1 aliphatic carbocycles. The summed E-state index contributed by atoms with van der Waals surface area (Å²) < 4.78 is 62.7. The second-order valence-electron chi connectivity index (χ2n) is 6.30. The van der Waals surface area contributed by atoms with Gasteiger partial charge in [-0.15, -0.1) is 0 Å². The molecule has 0 unspecified atom stereocenters. The summed E-state index contributed by atoms with van der Waals surface area (Å²) in [5.41, 5.74) is -0.769. The molecule has 3 rings (SSSR count). The first-order valence-corrected chi connectivity index (χ1v) is 8.25. The number of ether oxygens (including phenoxy) is 2. The van der Waals surface area contributed by atoms with Crippen molar-refractivity contribution in [3.8, 4) is 5.75 Å². The van der Waals surface area contributed by atoms with Crippen molar-refractivity contribution in [3.63, 3.8) is 0 Å². The maximum absolute atomic E-state index is 14.2. The number of benzene rings is 2. The predicted molar refractivity (Wildman–Crippen MR) is 88.1 cm³/mol. The Morgan fingerprint density at radius 2 is 1.93 bits per heavy atom.